The van der Waals surface area contributed by atoms with Crippen molar-refractivity contribution in [3.8, 4) is 0 Å². The number of hydrogen-bond acceptors (Lipinski definition) is 3. The highest BCUT2D eigenvalue weighted by molar-refractivity contribution is 6.07. The molecule has 0 bridgehead atoms. The van der Waals surface area contributed by atoms with Crippen molar-refractivity contribution in [2.45, 2.75) is 50.6 Å². The first-order chi connectivity index (χ1) is 15.1. The molecule has 2 saturated heterocycles. The lowest BCUT2D eigenvalue weighted by atomic mass is 9.94. The number of carbonyl (C=O) groups is 3. The van der Waals surface area contributed by atoms with Gasteiger partial charge in [0, 0.05) is 37.2 Å². The third-order valence-corrected chi connectivity index (χ3v) is 6.91. The third kappa shape index (κ3) is 4.03. The number of piperidine rings is 1. The predicted octanol–water partition coefficient (Wildman–Crippen LogP) is 2.96. The van der Waals surface area contributed by atoms with Gasteiger partial charge < -0.3 is 15.1 Å². The molecule has 1 unspecified atom stereocenters. The Labute approximate surface area is 182 Å². The van der Waals surface area contributed by atoms with E-state index in [0.29, 0.717) is 38.5 Å². The molecule has 162 valence electrons. The average molecular weight is 420 g/mol. The van der Waals surface area contributed by atoms with Crippen LogP contribution in [0.3, 0.4) is 0 Å². The van der Waals surface area contributed by atoms with E-state index >= 15 is 0 Å². The van der Waals surface area contributed by atoms with E-state index in [1.165, 1.54) is 0 Å². The number of carbonyl (C=O) groups excluding carboxylic acids is 3. The molecule has 1 atom stereocenters. The molecule has 2 aromatic rings. The Morgan fingerprint density at radius 2 is 1.58 bits per heavy atom. The Bertz CT molecular complexity index is 1000. The van der Waals surface area contributed by atoms with Crippen LogP contribution in [-0.4, -0.2) is 59.2 Å². The molecule has 0 aromatic heterocycles. The smallest absolute Gasteiger partial charge is 0.254 e. The number of nitrogens with zero attached hydrogens (tertiary/aromatic N) is 2. The fraction of sp³-hybridized carbons (Fsp3) is 0.480. The molecule has 1 saturated carbocycles. The van der Waals surface area contributed by atoms with Crippen LogP contribution >= 0.6 is 0 Å². The van der Waals surface area contributed by atoms with E-state index in [1.807, 2.05) is 47.4 Å². The van der Waals surface area contributed by atoms with Gasteiger partial charge in [-0.15, -0.1) is 0 Å². The van der Waals surface area contributed by atoms with Gasteiger partial charge in [0.15, 0.2) is 0 Å². The van der Waals surface area contributed by atoms with Gasteiger partial charge in [0.1, 0.15) is 6.04 Å². The van der Waals surface area contributed by atoms with Gasteiger partial charge >= 0.3 is 0 Å². The fourth-order valence-electron chi connectivity index (χ4n) is 4.97. The largest absolute Gasteiger partial charge is 0.352 e. The van der Waals surface area contributed by atoms with Crippen LogP contribution in [0.5, 0.6) is 0 Å². The number of hydrogen-bond donors (Lipinski definition) is 1. The van der Waals surface area contributed by atoms with Crippen LogP contribution in [0.15, 0.2) is 42.5 Å². The van der Waals surface area contributed by atoms with Gasteiger partial charge in [0.05, 0.1) is 0 Å². The molecule has 3 fully saturated rings. The molecular formula is C25H29N3O3. The maximum absolute atomic E-state index is 13.2. The van der Waals surface area contributed by atoms with Gasteiger partial charge in [-0.1, -0.05) is 36.4 Å². The molecule has 3 aliphatic rings. The Hall–Kier alpha value is -2.89. The summed E-state index contributed by atoms with van der Waals surface area (Å²) in [6, 6.07) is 13.8. The van der Waals surface area contributed by atoms with Gasteiger partial charge in [0.25, 0.3) is 5.91 Å². The summed E-state index contributed by atoms with van der Waals surface area (Å²) in [7, 11) is 0. The lowest BCUT2D eigenvalue weighted by Crippen LogP contribution is -2.50. The topological polar surface area (TPSA) is 69.7 Å². The SMILES string of the molecule is O=C(NC1CC1)C1CCCN1C(=O)C1CCN(C(=O)c2cccc3ccccc23)CC1. The van der Waals surface area contributed by atoms with E-state index in [4.69, 9.17) is 0 Å². The Morgan fingerprint density at radius 1 is 0.839 bits per heavy atom. The maximum atomic E-state index is 13.2. The summed E-state index contributed by atoms with van der Waals surface area (Å²) in [5.41, 5.74) is 0.722. The highest BCUT2D eigenvalue weighted by Crippen LogP contribution is 2.28. The maximum Gasteiger partial charge on any atom is 0.254 e. The molecule has 1 N–H and O–H groups in total. The van der Waals surface area contributed by atoms with Crippen LogP contribution < -0.4 is 5.32 Å². The fourth-order valence-corrected chi connectivity index (χ4v) is 4.97. The second-order valence-corrected chi connectivity index (χ2v) is 9.07. The zero-order chi connectivity index (χ0) is 21.4. The molecule has 6 heteroatoms. The van der Waals surface area contributed by atoms with Crippen LogP contribution in [0, 0.1) is 5.92 Å². The van der Waals surface area contributed by atoms with Gasteiger partial charge in [-0.05, 0) is 55.4 Å². The van der Waals surface area contributed by atoms with Gasteiger partial charge in [-0.25, -0.2) is 0 Å². The predicted molar refractivity (Wildman–Crippen MR) is 118 cm³/mol. The van der Waals surface area contributed by atoms with E-state index < -0.39 is 0 Å². The Kier molecular flexibility index (Phi) is 5.38. The van der Waals surface area contributed by atoms with Crippen molar-refractivity contribution in [1.29, 1.82) is 0 Å². The molecule has 0 spiro atoms. The highest BCUT2D eigenvalue weighted by Gasteiger charge is 2.39. The van der Waals surface area contributed by atoms with E-state index in [-0.39, 0.29) is 29.7 Å². The normalized spacial score (nSPS) is 22.0. The van der Waals surface area contributed by atoms with Crippen molar-refractivity contribution in [3.63, 3.8) is 0 Å². The number of rotatable bonds is 4. The summed E-state index contributed by atoms with van der Waals surface area (Å²) in [5, 5.41) is 5.08. The summed E-state index contributed by atoms with van der Waals surface area (Å²) in [6.07, 6.45) is 5.05. The van der Waals surface area contributed by atoms with Crippen LogP contribution in [0.2, 0.25) is 0 Å². The van der Waals surface area contributed by atoms with Gasteiger partial charge in [0.2, 0.25) is 11.8 Å². The van der Waals surface area contributed by atoms with Gasteiger partial charge in [-0.2, -0.15) is 0 Å². The number of likely N-dealkylation sites (tertiary alicyclic amines) is 2. The van der Waals surface area contributed by atoms with Crippen molar-refractivity contribution < 1.29 is 14.4 Å². The van der Waals surface area contributed by atoms with Crippen molar-refractivity contribution in [1.82, 2.24) is 15.1 Å². The molecule has 0 radical (unpaired) electrons. The number of nitrogens with one attached hydrogen (secondary N) is 1. The molecular weight excluding hydrogens is 390 g/mol. The number of amides is 3. The Morgan fingerprint density at radius 3 is 2.35 bits per heavy atom. The first-order valence-corrected chi connectivity index (χ1v) is 11.5. The first kappa shape index (κ1) is 20.0. The zero-order valence-corrected chi connectivity index (χ0v) is 17.8. The highest BCUT2D eigenvalue weighted by atomic mass is 16.2. The minimum absolute atomic E-state index is 0.0110. The summed E-state index contributed by atoms with van der Waals surface area (Å²) in [6.45, 7) is 1.81. The van der Waals surface area contributed by atoms with E-state index in [2.05, 4.69) is 5.32 Å². The van der Waals surface area contributed by atoms with Gasteiger partial charge in [-0.3, -0.25) is 14.4 Å². The van der Waals surface area contributed by atoms with Crippen molar-refractivity contribution >= 4 is 28.5 Å². The molecule has 1 aliphatic carbocycles. The lowest BCUT2D eigenvalue weighted by Gasteiger charge is -2.34. The molecule has 5 rings (SSSR count). The quantitative estimate of drug-likeness (QED) is 0.828. The van der Waals surface area contributed by atoms with Crippen LogP contribution in [0.25, 0.3) is 10.8 Å². The second kappa shape index (κ2) is 8.33. The lowest BCUT2D eigenvalue weighted by molar-refractivity contribution is -0.142. The number of fused-ring (bicyclic) bond motifs is 1. The van der Waals surface area contributed by atoms with Crippen LogP contribution in [0.1, 0.15) is 48.9 Å². The summed E-state index contributed by atoms with van der Waals surface area (Å²) in [4.78, 5) is 42.6. The minimum Gasteiger partial charge on any atom is -0.352 e. The molecule has 6 nitrogen and oxygen atoms in total. The molecule has 3 amide bonds. The average Bonchev–Trinajstić information content (AvgIpc) is 3.48. The van der Waals surface area contributed by atoms with Crippen LogP contribution in [0.4, 0.5) is 0 Å². The van der Waals surface area contributed by atoms with E-state index in [0.717, 1.165) is 42.0 Å². The third-order valence-electron chi connectivity index (χ3n) is 6.91. The van der Waals surface area contributed by atoms with E-state index in [9.17, 15) is 14.4 Å². The molecule has 2 heterocycles. The zero-order valence-electron chi connectivity index (χ0n) is 17.8. The minimum atomic E-state index is -0.316. The van der Waals surface area contributed by atoms with Crippen molar-refractivity contribution in [2.24, 2.45) is 5.92 Å². The summed E-state index contributed by atoms with van der Waals surface area (Å²) < 4.78 is 0. The second-order valence-electron chi connectivity index (χ2n) is 9.07. The van der Waals surface area contributed by atoms with Crippen molar-refractivity contribution in [3.05, 3.63) is 48.0 Å². The van der Waals surface area contributed by atoms with Crippen molar-refractivity contribution in [2.75, 3.05) is 19.6 Å². The first-order valence-electron chi connectivity index (χ1n) is 11.5. The van der Waals surface area contributed by atoms with Crippen LogP contribution in [-0.2, 0) is 9.59 Å². The number of benzene rings is 2. The van der Waals surface area contributed by atoms with E-state index in [1.54, 1.807) is 4.90 Å². The molecule has 31 heavy (non-hydrogen) atoms. The molecule has 2 aliphatic heterocycles. The monoisotopic (exact) mass is 419 g/mol. The Balaban J connectivity index is 1.22. The standard InChI is InChI=1S/C25H29N3O3/c29-23(26-19-10-11-19)22-9-4-14-28(22)24(30)18-12-15-27(16-13-18)25(31)21-8-3-6-17-5-1-2-7-20(17)21/h1-3,5-8,18-19,22H,4,9-16H2,(H,26,29). The molecule has 2 aromatic carbocycles. The summed E-state index contributed by atoms with van der Waals surface area (Å²) in [5.74, 6) is 0.0269. The summed E-state index contributed by atoms with van der Waals surface area (Å²) >= 11 is 0.